The second-order valence-electron chi connectivity index (χ2n) is 2.64. The molecule has 1 heterocycles. The Balaban J connectivity index is 0.000001000. The van der Waals surface area contributed by atoms with Crippen LogP contribution in [0.2, 0.25) is 0 Å². The van der Waals surface area contributed by atoms with Gasteiger partial charge in [0.15, 0.2) is 0 Å². The summed E-state index contributed by atoms with van der Waals surface area (Å²) in [6.07, 6.45) is 2.34. The fourth-order valence-corrected chi connectivity index (χ4v) is 1.29. The highest BCUT2D eigenvalue weighted by Gasteiger charge is 2.21. The van der Waals surface area contributed by atoms with Crippen LogP contribution in [0.15, 0.2) is 0 Å². The summed E-state index contributed by atoms with van der Waals surface area (Å²) in [6.45, 7) is 3.49. The predicted octanol–water partition coefficient (Wildman–Crippen LogP) is 0.722. The largest absolute Gasteiger partial charge is 0.463 e. The number of rotatable bonds is 3. The molecule has 1 unspecified atom stereocenters. The Morgan fingerprint density at radius 3 is 2.91 bits per heavy atom. The molecule has 2 atom stereocenters. The van der Waals surface area contributed by atoms with Crippen LogP contribution in [0.5, 0.6) is 0 Å². The van der Waals surface area contributed by atoms with Crippen molar-refractivity contribution in [2.24, 2.45) is 0 Å². The number of carbonyl (C=O) groups excluding carboxylic acids is 1. The molecule has 0 bridgehead atoms. The second kappa shape index (κ2) is 5.38. The average molecular weight is 180 g/mol. The van der Waals surface area contributed by atoms with E-state index in [1.165, 1.54) is 6.42 Å². The zero-order chi connectivity index (χ0) is 7.40. The van der Waals surface area contributed by atoms with Crippen molar-refractivity contribution >= 4 is 18.9 Å². The Kier molecular flexibility index (Phi) is 5.24. The van der Waals surface area contributed by atoms with Gasteiger partial charge in [-0.05, 0) is 26.3 Å². The molecule has 1 fully saturated rings. The first-order valence-electron chi connectivity index (χ1n) is 3.67. The summed E-state index contributed by atoms with van der Waals surface area (Å²) in [5.41, 5.74) is 0. The number of carbonyl (C=O) groups is 1. The quantitative estimate of drug-likeness (QED) is 0.649. The zero-order valence-electron chi connectivity index (χ0n) is 6.58. The minimum Gasteiger partial charge on any atom is -0.463 e. The third-order valence-corrected chi connectivity index (χ3v) is 1.94. The van der Waals surface area contributed by atoms with Gasteiger partial charge in [-0.25, -0.2) is 0 Å². The molecule has 1 aliphatic heterocycles. The lowest BCUT2D eigenvalue weighted by Gasteiger charge is -2.16. The van der Waals surface area contributed by atoms with Gasteiger partial charge in [-0.1, -0.05) is 0 Å². The van der Waals surface area contributed by atoms with E-state index in [4.69, 9.17) is 4.74 Å². The van der Waals surface area contributed by atoms with E-state index >= 15 is 0 Å². The Labute approximate surface area is 72.9 Å². The molecule has 1 aliphatic rings. The topological polar surface area (TPSA) is 38.3 Å². The van der Waals surface area contributed by atoms with Crippen molar-refractivity contribution in [3.63, 3.8) is 0 Å². The summed E-state index contributed by atoms with van der Waals surface area (Å²) >= 11 is 0. The van der Waals surface area contributed by atoms with Crippen molar-refractivity contribution in [1.82, 2.24) is 5.32 Å². The van der Waals surface area contributed by atoms with Crippen molar-refractivity contribution < 1.29 is 9.53 Å². The first-order valence-corrected chi connectivity index (χ1v) is 3.67. The van der Waals surface area contributed by atoms with E-state index in [1.807, 2.05) is 6.92 Å². The van der Waals surface area contributed by atoms with Gasteiger partial charge in [-0.2, -0.15) is 0 Å². The Morgan fingerprint density at radius 1 is 1.73 bits per heavy atom. The van der Waals surface area contributed by atoms with Crippen LogP contribution in [-0.4, -0.2) is 25.2 Å². The van der Waals surface area contributed by atoms with Crippen LogP contribution in [-0.2, 0) is 9.53 Å². The third kappa shape index (κ3) is 3.08. The van der Waals surface area contributed by atoms with Gasteiger partial charge in [0, 0.05) is 6.04 Å². The molecule has 0 spiro atoms. The maximum Gasteiger partial charge on any atom is 0.293 e. The van der Waals surface area contributed by atoms with Gasteiger partial charge in [-0.3, -0.25) is 4.79 Å². The van der Waals surface area contributed by atoms with E-state index in [0.717, 1.165) is 13.0 Å². The zero-order valence-corrected chi connectivity index (χ0v) is 7.39. The van der Waals surface area contributed by atoms with Gasteiger partial charge in [0.2, 0.25) is 0 Å². The van der Waals surface area contributed by atoms with Crippen LogP contribution in [0.25, 0.3) is 0 Å². The standard InChI is InChI=1S/C7H13NO2.ClH/c1-6(10-5-9)7-3-2-4-8-7;/h5-8H,2-4H2,1H3;1H/t6?,7-;/m1./s1. The first kappa shape index (κ1) is 10.7. The Morgan fingerprint density at radius 2 is 2.45 bits per heavy atom. The predicted molar refractivity (Wildman–Crippen MR) is 44.9 cm³/mol. The van der Waals surface area contributed by atoms with E-state index in [-0.39, 0.29) is 18.5 Å². The summed E-state index contributed by atoms with van der Waals surface area (Å²) < 4.78 is 4.78. The molecule has 0 aliphatic carbocycles. The molecule has 1 saturated heterocycles. The van der Waals surface area contributed by atoms with Crippen molar-refractivity contribution in [3.8, 4) is 0 Å². The number of ether oxygens (including phenoxy) is 1. The minimum atomic E-state index is 0. The van der Waals surface area contributed by atoms with Crippen molar-refractivity contribution in [2.45, 2.75) is 31.9 Å². The fraction of sp³-hybridized carbons (Fsp3) is 0.857. The number of halogens is 1. The SMILES string of the molecule is CC(OC=O)[C@H]1CCCN1.Cl. The average Bonchev–Trinajstić information content (AvgIpc) is 2.38. The molecule has 66 valence electrons. The van der Waals surface area contributed by atoms with E-state index in [2.05, 4.69) is 5.32 Å². The first-order chi connectivity index (χ1) is 4.84. The molecule has 3 nitrogen and oxygen atoms in total. The molecule has 0 aromatic heterocycles. The maximum absolute atomic E-state index is 9.92. The smallest absolute Gasteiger partial charge is 0.293 e. The second-order valence-corrected chi connectivity index (χ2v) is 2.64. The third-order valence-electron chi connectivity index (χ3n) is 1.94. The number of hydrogen-bond donors (Lipinski definition) is 1. The molecule has 0 aromatic rings. The lowest BCUT2D eigenvalue weighted by atomic mass is 10.1. The van der Waals surface area contributed by atoms with E-state index in [0.29, 0.717) is 12.5 Å². The van der Waals surface area contributed by atoms with Crippen molar-refractivity contribution in [1.29, 1.82) is 0 Å². The van der Waals surface area contributed by atoms with E-state index in [1.54, 1.807) is 0 Å². The van der Waals surface area contributed by atoms with Crippen LogP contribution in [0, 0.1) is 0 Å². The van der Waals surface area contributed by atoms with Gasteiger partial charge in [0.05, 0.1) is 0 Å². The van der Waals surface area contributed by atoms with Crippen molar-refractivity contribution in [3.05, 3.63) is 0 Å². The molecule has 0 radical (unpaired) electrons. The van der Waals surface area contributed by atoms with Crippen LogP contribution in [0.4, 0.5) is 0 Å². The highest BCUT2D eigenvalue weighted by Crippen LogP contribution is 2.10. The lowest BCUT2D eigenvalue weighted by Crippen LogP contribution is -2.34. The van der Waals surface area contributed by atoms with Gasteiger partial charge in [0.25, 0.3) is 6.47 Å². The normalized spacial score (nSPS) is 25.4. The van der Waals surface area contributed by atoms with Crippen LogP contribution >= 0.6 is 12.4 Å². The van der Waals surface area contributed by atoms with Gasteiger partial charge >= 0.3 is 0 Å². The van der Waals surface area contributed by atoms with Gasteiger partial charge < -0.3 is 10.1 Å². The van der Waals surface area contributed by atoms with Gasteiger partial charge in [0.1, 0.15) is 6.10 Å². The van der Waals surface area contributed by atoms with E-state index in [9.17, 15) is 4.79 Å². The summed E-state index contributed by atoms with van der Waals surface area (Å²) in [7, 11) is 0. The minimum absolute atomic E-state index is 0. The molecule has 1 N–H and O–H groups in total. The maximum atomic E-state index is 9.92. The highest BCUT2D eigenvalue weighted by molar-refractivity contribution is 5.85. The van der Waals surface area contributed by atoms with Crippen LogP contribution in [0.1, 0.15) is 19.8 Å². The summed E-state index contributed by atoms with van der Waals surface area (Å²) in [5, 5.41) is 3.26. The monoisotopic (exact) mass is 179 g/mol. The molecule has 1 rings (SSSR count). The molecule has 0 amide bonds. The summed E-state index contributed by atoms with van der Waals surface area (Å²) in [6, 6.07) is 0.380. The Hall–Kier alpha value is -0.280. The molecular formula is C7H14ClNO2. The molecule has 0 saturated carbocycles. The number of hydrogen-bond acceptors (Lipinski definition) is 3. The molecule has 4 heteroatoms. The van der Waals surface area contributed by atoms with Crippen LogP contribution < -0.4 is 5.32 Å². The molecule has 0 aromatic carbocycles. The molecular weight excluding hydrogens is 166 g/mol. The summed E-state index contributed by atoms with van der Waals surface area (Å²) in [4.78, 5) is 9.92. The fourth-order valence-electron chi connectivity index (χ4n) is 1.29. The Bertz CT molecular complexity index is 115. The van der Waals surface area contributed by atoms with Crippen LogP contribution in [0.3, 0.4) is 0 Å². The highest BCUT2D eigenvalue weighted by atomic mass is 35.5. The van der Waals surface area contributed by atoms with Crippen molar-refractivity contribution in [2.75, 3.05) is 6.54 Å². The number of nitrogens with one attached hydrogen (secondary N) is 1. The molecule has 11 heavy (non-hydrogen) atoms. The summed E-state index contributed by atoms with van der Waals surface area (Å²) in [5.74, 6) is 0. The van der Waals surface area contributed by atoms with E-state index < -0.39 is 0 Å². The lowest BCUT2D eigenvalue weighted by molar-refractivity contribution is -0.133. The van der Waals surface area contributed by atoms with Gasteiger partial charge in [-0.15, -0.1) is 12.4 Å².